The van der Waals surface area contributed by atoms with Crippen molar-refractivity contribution < 1.29 is 13.3 Å². The lowest BCUT2D eigenvalue weighted by Gasteiger charge is -2.25. The summed E-state index contributed by atoms with van der Waals surface area (Å²) in [6.07, 6.45) is 8.49. The van der Waals surface area contributed by atoms with Gasteiger partial charge in [-0.3, -0.25) is 0 Å². The lowest BCUT2D eigenvalue weighted by atomic mass is 10.1. The van der Waals surface area contributed by atoms with Crippen molar-refractivity contribution in [1.82, 2.24) is 0 Å². The highest BCUT2D eigenvalue weighted by Crippen LogP contribution is 2.18. The number of hydrogen-bond acceptors (Lipinski definition) is 5. The summed E-state index contributed by atoms with van der Waals surface area (Å²) in [6, 6.07) is 0.847. The molecule has 0 aliphatic heterocycles. The van der Waals surface area contributed by atoms with E-state index in [0.717, 1.165) is 25.4 Å². The van der Waals surface area contributed by atoms with Crippen molar-refractivity contribution in [3.8, 4) is 0 Å². The highest BCUT2D eigenvalue weighted by atomic mass is 28.4. The van der Waals surface area contributed by atoms with Crippen molar-refractivity contribution in [2.45, 2.75) is 51.0 Å². The van der Waals surface area contributed by atoms with E-state index in [1.807, 2.05) is 0 Å². The van der Waals surface area contributed by atoms with Gasteiger partial charge >= 0.3 is 8.80 Å². The summed E-state index contributed by atoms with van der Waals surface area (Å²) >= 11 is 0. The minimum absolute atomic E-state index is 0.160. The fourth-order valence-electron chi connectivity index (χ4n) is 1.97. The third kappa shape index (κ3) is 8.18. The normalized spacial score (nSPS) is 12.0. The minimum Gasteiger partial charge on any atom is -0.377 e. The zero-order valence-corrected chi connectivity index (χ0v) is 13.0. The van der Waals surface area contributed by atoms with Crippen molar-refractivity contribution in [2.24, 2.45) is 11.5 Å². The third-order valence-corrected chi connectivity index (χ3v) is 5.93. The van der Waals surface area contributed by atoms with Crippen molar-refractivity contribution in [3.05, 3.63) is 0 Å². The van der Waals surface area contributed by atoms with Crippen LogP contribution in [0.3, 0.4) is 0 Å². The molecule has 0 saturated heterocycles. The topological polar surface area (TPSA) is 79.7 Å². The summed E-state index contributed by atoms with van der Waals surface area (Å²) in [5.41, 5.74) is 10.9. The van der Waals surface area contributed by atoms with Crippen LogP contribution in [0.4, 0.5) is 0 Å². The summed E-state index contributed by atoms with van der Waals surface area (Å²) in [7, 11) is 0.808. The van der Waals surface area contributed by atoms with Gasteiger partial charge in [0.25, 0.3) is 0 Å². The van der Waals surface area contributed by atoms with E-state index in [0.29, 0.717) is 0 Å². The molecule has 0 bridgehead atoms. The molecule has 0 aromatic carbocycles. The van der Waals surface area contributed by atoms with Gasteiger partial charge in [-0.1, -0.05) is 32.1 Å². The summed E-state index contributed by atoms with van der Waals surface area (Å²) in [5, 5.41) is 0. The molecular formula is C12H30N2O3Si. The first-order valence-corrected chi connectivity index (χ1v) is 8.82. The molecule has 4 N–H and O–H groups in total. The van der Waals surface area contributed by atoms with E-state index in [2.05, 4.69) is 0 Å². The first-order valence-electron chi connectivity index (χ1n) is 6.89. The van der Waals surface area contributed by atoms with E-state index in [4.69, 9.17) is 24.7 Å². The average molecular weight is 278 g/mol. The van der Waals surface area contributed by atoms with E-state index >= 15 is 0 Å². The summed E-state index contributed by atoms with van der Waals surface area (Å²) in [6.45, 7) is 0.971. The lowest BCUT2D eigenvalue weighted by Crippen LogP contribution is -2.45. The number of unbranched alkanes of at least 4 members (excludes halogenated alkanes) is 6. The molecule has 5 nitrogen and oxygen atoms in total. The number of nitrogens with two attached hydrogens (primary N) is 2. The second-order valence-electron chi connectivity index (χ2n) is 4.42. The molecule has 0 saturated carbocycles. The lowest BCUT2D eigenvalue weighted by molar-refractivity contribution is 0.100. The quantitative estimate of drug-likeness (QED) is 0.305. The summed E-state index contributed by atoms with van der Waals surface area (Å²) in [5.74, 6) is 0. The van der Waals surface area contributed by atoms with Gasteiger partial charge in [0.05, 0.1) is 6.73 Å². The Labute approximate surface area is 113 Å². The van der Waals surface area contributed by atoms with Gasteiger partial charge in [0.15, 0.2) is 0 Å². The molecule has 0 aromatic rings. The van der Waals surface area contributed by atoms with Gasteiger partial charge < -0.3 is 24.7 Å². The molecule has 0 unspecified atom stereocenters. The predicted octanol–water partition coefficient (Wildman–Crippen LogP) is 1.84. The molecule has 0 heterocycles. The van der Waals surface area contributed by atoms with Crippen LogP contribution in [-0.4, -0.2) is 36.3 Å². The average Bonchev–Trinajstić information content (AvgIpc) is 2.40. The van der Waals surface area contributed by atoms with Crippen molar-refractivity contribution in [2.75, 3.05) is 27.5 Å². The molecule has 0 radical (unpaired) electrons. The van der Waals surface area contributed by atoms with Crippen LogP contribution in [0, 0.1) is 0 Å². The van der Waals surface area contributed by atoms with Crippen LogP contribution in [0.15, 0.2) is 0 Å². The number of hydrogen-bond donors (Lipinski definition) is 2. The minimum atomic E-state index is -2.47. The highest BCUT2D eigenvalue weighted by Gasteiger charge is 2.37. The Morgan fingerprint density at radius 3 is 1.72 bits per heavy atom. The van der Waals surface area contributed by atoms with E-state index in [-0.39, 0.29) is 6.73 Å². The van der Waals surface area contributed by atoms with E-state index < -0.39 is 8.80 Å². The van der Waals surface area contributed by atoms with Gasteiger partial charge in [0, 0.05) is 20.3 Å². The molecule has 0 atom stereocenters. The molecule has 0 rings (SSSR count). The van der Waals surface area contributed by atoms with E-state index in [1.165, 1.54) is 32.1 Å². The van der Waals surface area contributed by atoms with E-state index in [1.54, 1.807) is 14.2 Å². The van der Waals surface area contributed by atoms with Crippen LogP contribution in [0.25, 0.3) is 0 Å². The van der Waals surface area contributed by atoms with Crippen molar-refractivity contribution in [3.63, 3.8) is 0 Å². The largest absolute Gasteiger partial charge is 0.501 e. The van der Waals surface area contributed by atoms with Crippen LogP contribution in [0.1, 0.15) is 44.9 Å². The zero-order valence-electron chi connectivity index (χ0n) is 12.0. The Balaban J connectivity index is 3.55. The van der Waals surface area contributed by atoms with Gasteiger partial charge in [-0.05, 0) is 19.4 Å². The molecule has 0 aliphatic rings. The van der Waals surface area contributed by atoms with Gasteiger partial charge in [0.2, 0.25) is 0 Å². The van der Waals surface area contributed by atoms with Gasteiger partial charge in [-0.15, -0.1) is 0 Å². The van der Waals surface area contributed by atoms with Crippen LogP contribution < -0.4 is 11.5 Å². The molecule has 0 spiro atoms. The number of rotatable bonds is 13. The Hall–Kier alpha value is 0.0169. The SMILES string of the molecule is CO[Si](CCCCCCCCCN)(OC)OCN. The molecule has 18 heavy (non-hydrogen) atoms. The Morgan fingerprint density at radius 1 is 0.778 bits per heavy atom. The van der Waals surface area contributed by atoms with Gasteiger partial charge in [-0.25, -0.2) is 0 Å². The molecule has 0 fully saturated rings. The molecule has 0 amide bonds. The zero-order chi connectivity index (χ0) is 13.7. The molecule has 110 valence electrons. The Bertz CT molecular complexity index is 181. The second-order valence-corrected chi connectivity index (χ2v) is 7.39. The first kappa shape index (κ1) is 18.0. The molecule has 6 heteroatoms. The standard InChI is InChI=1S/C12H30N2O3Si/c1-15-18(16-2,17-12-14)11-9-7-5-3-4-6-8-10-13/h3-14H2,1-2H3. The fraction of sp³-hybridized carbons (Fsp3) is 1.00. The fourth-order valence-corrected chi connectivity index (χ4v) is 3.87. The first-order chi connectivity index (χ1) is 8.74. The monoisotopic (exact) mass is 278 g/mol. The van der Waals surface area contributed by atoms with E-state index in [9.17, 15) is 0 Å². The van der Waals surface area contributed by atoms with Crippen LogP contribution in [-0.2, 0) is 13.3 Å². The van der Waals surface area contributed by atoms with Crippen molar-refractivity contribution in [1.29, 1.82) is 0 Å². The van der Waals surface area contributed by atoms with Gasteiger partial charge in [-0.2, -0.15) is 0 Å². The maximum Gasteiger partial charge on any atom is 0.501 e. The Kier molecular flexibility index (Phi) is 12.1. The maximum atomic E-state index is 5.45. The highest BCUT2D eigenvalue weighted by molar-refractivity contribution is 6.60. The predicted molar refractivity (Wildman–Crippen MR) is 76.1 cm³/mol. The molecular weight excluding hydrogens is 248 g/mol. The third-order valence-electron chi connectivity index (χ3n) is 3.11. The van der Waals surface area contributed by atoms with Crippen LogP contribution >= 0.6 is 0 Å². The molecule has 0 aromatic heterocycles. The van der Waals surface area contributed by atoms with Crippen molar-refractivity contribution >= 4 is 8.80 Å². The Morgan fingerprint density at radius 2 is 1.28 bits per heavy atom. The van der Waals surface area contributed by atoms with Crippen LogP contribution in [0.5, 0.6) is 0 Å². The maximum absolute atomic E-state index is 5.45. The summed E-state index contributed by atoms with van der Waals surface area (Å²) in [4.78, 5) is 0. The summed E-state index contributed by atoms with van der Waals surface area (Å²) < 4.78 is 16.2. The second kappa shape index (κ2) is 12.1. The smallest absolute Gasteiger partial charge is 0.377 e. The molecule has 0 aliphatic carbocycles. The van der Waals surface area contributed by atoms with Crippen LogP contribution in [0.2, 0.25) is 6.04 Å². The van der Waals surface area contributed by atoms with Gasteiger partial charge in [0.1, 0.15) is 0 Å².